The van der Waals surface area contributed by atoms with Gasteiger partial charge in [-0.15, -0.1) is 0 Å². The van der Waals surface area contributed by atoms with Gasteiger partial charge in [-0.1, -0.05) is 6.07 Å². The maximum atomic E-state index is 5.68. The Labute approximate surface area is 138 Å². The smallest absolute Gasteiger partial charge is 0.0809 e. The van der Waals surface area contributed by atoms with Crippen LogP contribution in [0.2, 0.25) is 0 Å². The van der Waals surface area contributed by atoms with Crippen molar-refractivity contribution in [1.29, 1.82) is 0 Å². The first-order valence-corrected chi connectivity index (χ1v) is 8.72. The molecular formula is C17H28N4O2. The maximum Gasteiger partial charge on any atom is 0.0809 e. The summed E-state index contributed by atoms with van der Waals surface area (Å²) < 4.78 is 11.2. The van der Waals surface area contributed by atoms with E-state index in [1.807, 2.05) is 18.5 Å². The van der Waals surface area contributed by atoms with E-state index in [2.05, 4.69) is 27.2 Å². The Morgan fingerprint density at radius 3 is 3.26 bits per heavy atom. The lowest BCUT2D eigenvalue weighted by Crippen LogP contribution is -2.29. The van der Waals surface area contributed by atoms with E-state index in [-0.39, 0.29) is 0 Å². The highest BCUT2D eigenvalue weighted by atomic mass is 16.5. The number of hydrazine groups is 1. The van der Waals surface area contributed by atoms with Crippen LogP contribution in [-0.4, -0.2) is 50.5 Å². The molecule has 3 N–H and O–H groups in total. The molecular weight excluding hydrogens is 292 g/mol. The van der Waals surface area contributed by atoms with Gasteiger partial charge in [0, 0.05) is 44.6 Å². The van der Waals surface area contributed by atoms with Gasteiger partial charge < -0.3 is 14.8 Å². The number of ether oxygens (including phenoxy) is 2. The zero-order valence-electron chi connectivity index (χ0n) is 13.7. The molecule has 3 heterocycles. The minimum atomic E-state index is 0.326. The lowest BCUT2D eigenvalue weighted by Gasteiger charge is -2.19. The van der Waals surface area contributed by atoms with E-state index in [9.17, 15) is 0 Å². The van der Waals surface area contributed by atoms with Crippen molar-refractivity contribution in [2.45, 2.75) is 31.4 Å². The molecule has 0 saturated carbocycles. The number of nitrogens with one attached hydrogen (secondary N) is 3. The van der Waals surface area contributed by atoms with Gasteiger partial charge in [0.25, 0.3) is 0 Å². The summed E-state index contributed by atoms with van der Waals surface area (Å²) in [6.45, 7) is 5.41. The largest absolute Gasteiger partial charge is 0.379 e. The van der Waals surface area contributed by atoms with Crippen LogP contribution in [0.3, 0.4) is 0 Å². The number of aromatic nitrogens is 1. The lowest BCUT2D eigenvalue weighted by atomic mass is 9.96. The number of pyridine rings is 1. The summed E-state index contributed by atoms with van der Waals surface area (Å²) in [5, 5.41) is 3.54. The summed E-state index contributed by atoms with van der Waals surface area (Å²) in [6.07, 6.45) is 7.45. The SMILES string of the molecule is c1cncc(C2NNCC2CNCCCOCC2CCCO2)c1. The van der Waals surface area contributed by atoms with Gasteiger partial charge in [0.1, 0.15) is 0 Å². The third-order valence-corrected chi connectivity index (χ3v) is 4.51. The lowest BCUT2D eigenvalue weighted by molar-refractivity contribution is 0.0166. The maximum absolute atomic E-state index is 5.68. The first-order chi connectivity index (χ1) is 11.4. The van der Waals surface area contributed by atoms with Gasteiger partial charge >= 0.3 is 0 Å². The number of rotatable bonds is 9. The third-order valence-electron chi connectivity index (χ3n) is 4.51. The van der Waals surface area contributed by atoms with Gasteiger partial charge in [-0.3, -0.25) is 10.4 Å². The molecule has 23 heavy (non-hydrogen) atoms. The van der Waals surface area contributed by atoms with Gasteiger partial charge in [0.15, 0.2) is 0 Å². The second-order valence-corrected chi connectivity index (χ2v) is 6.32. The fourth-order valence-corrected chi connectivity index (χ4v) is 3.22. The molecule has 0 aromatic carbocycles. The van der Waals surface area contributed by atoms with Crippen LogP contribution in [0.25, 0.3) is 0 Å². The Morgan fingerprint density at radius 1 is 1.43 bits per heavy atom. The van der Waals surface area contributed by atoms with Gasteiger partial charge in [-0.05, 0) is 37.4 Å². The average molecular weight is 320 g/mol. The zero-order valence-corrected chi connectivity index (χ0v) is 13.7. The number of hydrogen-bond acceptors (Lipinski definition) is 6. The first-order valence-electron chi connectivity index (χ1n) is 8.72. The molecule has 0 radical (unpaired) electrons. The second-order valence-electron chi connectivity index (χ2n) is 6.32. The van der Waals surface area contributed by atoms with Crippen LogP contribution < -0.4 is 16.2 Å². The van der Waals surface area contributed by atoms with Gasteiger partial charge in [0.2, 0.25) is 0 Å². The Balaban J connectivity index is 1.26. The molecule has 0 amide bonds. The van der Waals surface area contributed by atoms with E-state index < -0.39 is 0 Å². The fraction of sp³-hybridized carbons (Fsp3) is 0.706. The van der Waals surface area contributed by atoms with E-state index in [1.54, 1.807) is 0 Å². The summed E-state index contributed by atoms with van der Waals surface area (Å²) >= 11 is 0. The van der Waals surface area contributed by atoms with Gasteiger partial charge in [-0.2, -0.15) is 0 Å². The summed E-state index contributed by atoms with van der Waals surface area (Å²) in [5.41, 5.74) is 7.84. The van der Waals surface area contributed by atoms with Crippen molar-refractivity contribution in [2.24, 2.45) is 5.92 Å². The van der Waals surface area contributed by atoms with E-state index in [0.717, 1.165) is 52.3 Å². The molecule has 6 nitrogen and oxygen atoms in total. The molecule has 3 unspecified atom stereocenters. The predicted molar refractivity (Wildman–Crippen MR) is 88.9 cm³/mol. The predicted octanol–water partition coefficient (Wildman–Crippen LogP) is 1.02. The molecule has 3 atom stereocenters. The van der Waals surface area contributed by atoms with Crippen LogP contribution >= 0.6 is 0 Å². The molecule has 1 aromatic heterocycles. The van der Waals surface area contributed by atoms with Crippen molar-refractivity contribution in [3.63, 3.8) is 0 Å². The molecule has 2 aliphatic heterocycles. The topological polar surface area (TPSA) is 67.4 Å². The van der Waals surface area contributed by atoms with E-state index in [1.165, 1.54) is 12.0 Å². The van der Waals surface area contributed by atoms with Crippen molar-refractivity contribution < 1.29 is 9.47 Å². The summed E-state index contributed by atoms with van der Waals surface area (Å²) in [6, 6.07) is 4.45. The van der Waals surface area contributed by atoms with Crippen LogP contribution in [0.1, 0.15) is 30.9 Å². The third kappa shape index (κ3) is 5.22. The Bertz CT molecular complexity index is 439. The van der Waals surface area contributed by atoms with Crippen LogP contribution in [0.4, 0.5) is 0 Å². The van der Waals surface area contributed by atoms with Crippen LogP contribution in [0.5, 0.6) is 0 Å². The van der Waals surface area contributed by atoms with E-state index >= 15 is 0 Å². The van der Waals surface area contributed by atoms with Crippen molar-refractivity contribution in [2.75, 3.05) is 39.5 Å². The molecule has 0 bridgehead atoms. The van der Waals surface area contributed by atoms with Crippen LogP contribution in [0.15, 0.2) is 24.5 Å². The monoisotopic (exact) mass is 320 g/mol. The van der Waals surface area contributed by atoms with Gasteiger partial charge in [-0.25, -0.2) is 5.43 Å². The van der Waals surface area contributed by atoms with Crippen molar-refractivity contribution in [3.8, 4) is 0 Å². The molecule has 6 heteroatoms. The summed E-state index contributed by atoms with van der Waals surface area (Å²) in [5.74, 6) is 0.534. The zero-order chi connectivity index (χ0) is 15.7. The Kier molecular flexibility index (Phi) is 6.79. The van der Waals surface area contributed by atoms with Gasteiger partial charge in [0.05, 0.1) is 18.8 Å². The molecule has 1 aromatic rings. The first kappa shape index (κ1) is 16.8. The number of nitrogens with zero attached hydrogens (tertiary/aromatic N) is 1. The molecule has 0 spiro atoms. The standard InChI is InChI=1S/C17H28N4O2/c1-4-14(10-18-6-1)17-15(12-20-21-17)11-19-7-3-8-22-13-16-5-2-9-23-16/h1,4,6,10,15-17,19-21H,2-3,5,7-9,11-13H2. The molecule has 2 saturated heterocycles. The summed E-state index contributed by atoms with van der Waals surface area (Å²) in [7, 11) is 0. The highest BCUT2D eigenvalue weighted by Gasteiger charge is 2.27. The number of hydrogen-bond donors (Lipinski definition) is 3. The second kappa shape index (κ2) is 9.30. The Hall–Kier alpha value is -1.05. The highest BCUT2D eigenvalue weighted by Crippen LogP contribution is 2.23. The average Bonchev–Trinajstić information content (AvgIpc) is 3.26. The van der Waals surface area contributed by atoms with Crippen molar-refractivity contribution in [1.82, 2.24) is 21.2 Å². The quantitative estimate of drug-likeness (QED) is 0.591. The highest BCUT2D eigenvalue weighted by molar-refractivity contribution is 5.16. The molecule has 128 valence electrons. The molecule has 3 rings (SSSR count). The van der Waals surface area contributed by atoms with E-state index in [0.29, 0.717) is 18.1 Å². The van der Waals surface area contributed by atoms with Crippen LogP contribution in [-0.2, 0) is 9.47 Å². The van der Waals surface area contributed by atoms with Crippen molar-refractivity contribution in [3.05, 3.63) is 30.1 Å². The molecule has 2 aliphatic rings. The van der Waals surface area contributed by atoms with Crippen molar-refractivity contribution >= 4 is 0 Å². The summed E-state index contributed by atoms with van der Waals surface area (Å²) in [4.78, 5) is 4.21. The minimum Gasteiger partial charge on any atom is -0.379 e. The van der Waals surface area contributed by atoms with Crippen LogP contribution in [0, 0.1) is 5.92 Å². The normalized spacial score (nSPS) is 27.6. The Morgan fingerprint density at radius 2 is 2.43 bits per heavy atom. The fourth-order valence-electron chi connectivity index (χ4n) is 3.22. The minimum absolute atomic E-state index is 0.326. The molecule has 2 fully saturated rings. The molecule has 0 aliphatic carbocycles. The van der Waals surface area contributed by atoms with E-state index in [4.69, 9.17) is 9.47 Å².